The molecule has 134 valence electrons. The van der Waals surface area contributed by atoms with E-state index < -0.39 is 0 Å². The molecule has 25 heavy (non-hydrogen) atoms. The number of nitrogens with zero attached hydrogens (tertiary/aromatic N) is 1. The van der Waals surface area contributed by atoms with Crippen LogP contribution in [0.15, 0.2) is 30.5 Å². The van der Waals surface area contributed by atoms with Crippen molar-refractivity contribution >= 4 is 35.2 Å². The topological polar surface area (TPSA) is 73.5 Å². The Morgan fingerprint density at radius 3 is 2.52 bits per heavy atom. The molecule has 0 aromatic heterocycles. The van der Waals surface area contributed by atoms with Crippen molar-refractivity contribution in [3.8, 4) is 0 Å². The number of amides is 2. The first-order valence-electron chi connectivity index (χ1n) is 8.10. The fourth-order valence-electron chi connectivity index (χ4n) is 2.64. The van der Waals surface area contributed by atoms with Crippen LogP contribution in [0.4, 0.5) is 0 Å². The zero-order valence-electron chi connectivity index (χ0n) is 14.9. The van der Waals surface area contributed by atoms with Gasteiger partial charge in [-0.3, -0.25) is 20.4 Å². The number of carbonyl (C=O) groups is 2. The predicted octanol–water partition coefficient (Wildman–Crippen LogP) is 2.24. The highest BCUT2D eigenvalue weighted by molar-refractivity contribution is 7.80. The van der Waals surface area contributed by atoms with Crippen molar-refractivity contribution in [3.63, 3.8) is 0 Å². The molecule has 3 N–H and O–H groups in total. The second kappa shape index (κ2) is 7.65. The first kappa shape index (κ1) is 18.9. The minimum atomic E-state index is -0.343. The van der Waals surface area contributed by atoms with Gasteiger partial charge in [0, 0.05) is 18.7 Å². The minimum absolute atomic E-state index is 0.110. The summed E-state index contributed by atoms with van der Waals surface area (Å²) in [6, 6.07) is 7.40. The van der Waals surface area contributed by atoms with Crippen molar-refractivity contribution in [2.24, 2.45) is 0 Å². The molecule has 1 aliphatic rings. The lowest BCUT2D eigenvalue weighted by Crippen LogP contribution is -2.52. The maximum Gasteiger partial charge on any atom is 0.240 e. The molecule has 2 rings (SSSR count). The highest BCUT2D eigenvalue weighted by Gasteiger charge is 2.28. The average molecular weight is 360 g/mol. The fraction of sp³-hybridized carbons (Fsp3) is 0.389. The van der Waals surface area contributed by atoms with Crippen LogP contribution in [0.5, 0.6) is 0 Å². The molecular weight excluding hydrogens is 336 g/mol. The quantitative estimate of drug-likeness (QED) is 0.557. The highest BCUT2D eigenvalue weighted by Crippen LogP contribution is 2.32. The number of thiocarbonyl (C=S) groups is 1. The van der Waals surface area contributed by atoms with Crippen LogP contribution in [0.2, 0.25) is 0 Å². The van der Waals surface area contributed by atoms with E-state index in [0.29, 0.717) is 5.11 Å². The molecule has 0 spiro atoms. The van der Waals surface area contributed by atoms with E-state index in [1.54, 1.807) is 11.1 Å². The molecule has 2 amide bonds. The number of hydrazine groups is 1. The zero-order valence-corrected chi connectivity index (χ0v) is 15.7. The second-order valence-corrected chi connectivity index (χ2v) is 7.38. The van der Waals surface area contributed by atoms with Crippen LogP contribution in [0.3, 0.4) is 0 Å². The summed E-state index contributed by atoms with van der Waals surface area (Å²) in [5.74, 6) is -0.360. The van der Waals surface area contributed by atoms with E-state index in [9.17, 15) is 9.59 Å². The van der Waals surface area contributed by atoms with Crippen molar-refractivity contribution in [2.45, 2.75) is 45.7 Å². The Hall–Kier alpha value is -2.41. The first-order chi connectivity index (χ1) is 11.7. The summed E-state index contributed by atoms with van der Waals surface area (Å²) >= 11 is 5.14. The molecule has 1 atom stereocenters. The maximum atomic E-state index is 12.3. The van der Waals surface area contributed by atoms with Crippen LogP contribution in [-0.4, -0.2) is 27.4 Å². The summed E-state index contributed by atoms with van der Waals surface area (Å²) < 4.78 is 0. The van der Waals surface area contributed by atoms with E-state index in [-0.39, 0.29) is 29.8 Å². The van der Waals surface area contributed by atoms with E-state index >= 15 is 0 Å². The summed E-state index contributed by atoms with van der Waals surface area (Å²) in [4.78, 5) is 25.8. The van der Waals surface area contributed by atoms with Crippen LogP contribution in [0, 0.1) is 0 Å². The van der Waals surface area contributed by atoms with Gasteiger partial charge in [-0.1, -0.05) is 24.3 Å². The van der Waals surface area contributed by atoms with E-state index in [4.69, 9.17) is 12.2 Å². The van der Waals surface area contributed by atoms with Gasteiger partial charge in [0.2, 0.25) is 11.8 Å². The number of hydrogen-bond acceptors (Lipinski definition) is 3. The number of carbonyl (C=O) groups excluding carboxylic acids is 2. The van der Waals surface area contributed by atoms with Gasteiger partial charge in [-0.05, 0) is 50.2 Å². The van der Waals surface area contributed by atoms with Gasteiger partial charge in [0.05, 0.1) is 12.5 Å². The lowest BCUT2D eigenvalue weighted by atomic mass is 9.93. The Morgan fingerprint density at radius 1 is 1.20 bits per heavy atom. The number of fused-ring (bicyclic) bond motifs is 1. The number of hydrogen-bond donors (Lipinski definition) is 3. The first-order valence-corrected chi connectivity index (χ1v) is 8.51. The van der Waals surface area contributed by atoms with Crippen LogP contribution in [0.25, 0.3) is 6.08 Å². The van der Waals surface area contributed by atoms with E-state index in [1.807, 2.05) is 51.1 Å². The Labute approximate surface area is 153 Å². The second-order valence-electron chi connectivity index (χ2n) is 6.97. The number of benzene rings is 1. The molecule has 0 saturated heterocycles. The zero-order chi connectivity index (χ0) is 18.6. The molecule has 0 aliphatic carbocycles. The molecule has 0 radical (unpaired) electrons. The van der Waals surface area contributed by atoms with E-state index in [0.717, 1.165) is 11.1 Å². The Kier molecular flexibility index (Phi) is 5.79. The summed E-state index contributed by atoms with van der Waals surface area (Å²) in [6.07, 6.45) is 3.74. The van der Waals surface area contributed by atoms with Gasteiger partial charge in [0.15, 0.2) is 5.11 Å². The van der Waals surface area contributed by atoms with Gasteiger partial charge in [0.25, 0.3) is 0 Å². The summed E-state index contributed by atoms with van der Waals surface area (Å²) in [5.41, 5.74) is 7.04. The summed E-state index contributed by atoms with van der Waals surface area (Å²) in [6.45, 7) is 7.40. The third-order valence-electron chi connectivity index (χ3n) is 3.65. The maximum absolute atomic E-state index is 12.3. The summed E-state index contributed by atoms with van der Waals surface area (Å²) in [7, 11) is 0. The number of rotatable bonds is 2. The number of nitrogens with one attached hydrogen (secondary N) is 3. The molecule has 0 bridgehead atoms. The van der Waals surface area contributed by atoms with E-state index in [1.165, 1.54) is 6.92 Å². The van der Waals surface area contributed by atoms with Gasteiger partial charge >= 0.3 is 0 Å². The lowest BCUT2D eigenvalue weighted by molar-refractivity contribution is -0.130. The smallest absolute Gasteiger partial charge is 0.240 e. The van der Waals surface area contributed by atoms with Crippen LogP contribution in [-0.2, 0) is 9.59 Å². The van der Waals surface area contributed by atoms with Gasteiger partial charge in [-0.15, -0.1) is 0 Å². The Bertz CT molecular complexity index is 709. The average Bonchev–Trinajstić information content (AvgIpc) is 2.51. The van der Waals surface area contributed by atoms with Crippen molar-refractivity contribution in [1.29, 1.82) is 0 Å². The predicted molar refractivity (Wildman–Crippen MR) is 102 cm³/mol. The minimum Gasteiger partial charge on any atom is -0.357 e. The largest absolute Gasteiger partial charge is 0.357 e. The van der Waals surface area contributed by atoms with Gasteiger partial charge in [0.1, 0.15) is 0 Å². The molecule has 1 heterocycles. The van der Waals surface area contributed by atoms with Gasteiger partial charge in [-0.25, -0.2) is 0 Å². The van der Waals surface area contributed by atoms with Gasteiger partial charge in [-0.2, -0.15) is 0 Å². The molecule has 6 nitrogen and oxygen atoms in total. The van der Waals surface area contributed by atoms with Gasteiger partial charge < -0.3 is 10.2 Å². The van der Waals surface area contributed by atoms with Crippen LogP contribution in [0.1, 0.15) is 51.3 Å². The third kappa shape index (κ3) is 5.29. The van der Waals surface area contributed by atoms with Crippen molar-refractivity contribution in [1.82, 2.24) is 21.1 Å². The monoisotopic (exact) mass is 360 g/mol. The Balaban J connectivity index is 2.03. The SMILES string of the molecule is CC(=O)N1C=Cc2ccccc2[C@H]1CC(=O)NNC(=S)NC(C)(C)C. The molecule has 1 aromatic carbocycles. The third-order valence-corrected chi connectivity index (χ3v) is 3.86. The molecule has 7 heteroatoms. The van der Waals surface area contributed by atoms with Crippen molar-refractivity contribution in [2.75, 3.05) is 0 Å². The molecular formula is C18H24N4O2S. The van der Waals surface area contributed by atoms with Crippen LogP contribution >= 0.6 is 12.2 Å². The standard InChI is InChI=1S/C18H24N4O2S/c1-12(23)22-10-9-13-7-5-6-8-14(13)15(22)11-16(24)20-21-17(25)19-18(2,3)4/h5-10,15H,11H2,1-4H3,(H,20,24)(H2,19,21,25)/t15-/m1/s1. The molecule has 1 aliphatic heterocycles. The summed E-state index contributed by atoms with van der Waals surface area (Å²) in [5, 5.41) is 3.39. The normalized spacial score (nSPS) is 16.0. The van der Waals surface area contributed by atoms with Crippen molar-refractivity contribution < 1.29 is 9.59 Å². The molecule has 0 fully saturated rings. The molecule has 1 aromatic rings. The van der Waals surface area contributed by atoms with E-state index in [2.05, 4.69) is 16.2 Å². The Morgan fingerprint density at radius 2 is 1.88 bits per heavy atom. The molecule has 0 unspecified atom stereocenters. The van der Waals surface area contributed by atoms with Crippen molar-refractivity contribution in [3.05, 3.63) is 41.6 Å². The molecule has 0 saturated carbocycles. The highest BCUT2D eigenvalue weighted by atomic mass is 32.1. The lowest BCUT2D eigenvalue weighted by Gasteiger charge is -2.32. The fourth-order valence-corrected chi connectivity index (χ4v) is 3.00. The van der Waals surface area contributed by atoms with Crippen LogP contribution < -0.4 is 16.2 Å².